The van der Waals surface area contributed by atoms with Crippen LogP contribution in [0.2, 0.25) is 0 Å². The van der Waals surface area contributed by atoms with E-state index in [-0.39, 0.29) is 5.91 Å². The van der Waals surface area contributed by atoms with Gasteiger partial charge in [-0.3, -0.25) is 4.79 Å². The van der Waals surface area contributed by atoms with Crippen molar-refractivity contribution >= 4 is 22.4 Å². The van der Waals surface area contributed by atoms with Crippen molar-refractivity contribution in [1.82, 2.24) is 25.2 Å². The highest BCUT2D eigenvalue weighted by molar-refractivity contribution is 7.18. The molecule has 0 atom stereocenters. The zero-order valence-electron chi connectivity index (χ0n) is 12.4. The lowest BCUT2D eigenvalue weighted by molar-refractivity contribution is -0.114. The van der Waals surface area contributed by atoms with Crippen molar-refractivity contribution in [1.29, 1.82) is 0 Å². The van der Waals surface area contributed by atoms with Gasteiger partial charge in [0.25, 0.3) is 0 Å². The van der Waals surface area contributed by atoms with E-state index in [4.69, 9.17) is 0 Å². The van der Waals surface area contributed by atoms with E-state index in [1.165, 1.54) is 23.8 Å². The van der Waals surface area contributed by atoms with Crippen LogP contribution < -0.4 is 5.32 Å². The van der Waals surface area contributed by atoms with Gasteiger partial charge in [-0.1, -0.05) is 34.2 Å². The Morgan fingerprint density at radius 3 is 2.55 bits per heavy atom. The molecule has 22 heavy (non-hydrogen) atoms. The second kappa shape index (κ2) is 5.64. The Balaban J connectivity index is 1.94. The van der Waals surface area contributed by atoms with Gasteiger partial charge >= 0.3 is 0 Å². The molecule has 1 aromatic carbocycles. The molecule has 0 saturated carbocycles. The zero-order valence-corrected chi connectivity index (χ0v) is 13.2. The topological polar surface area (TPSA) is 85.6 Å². The summed E-state index contributed by atoms with van der Waals surface area (Å²) in [6, 6.07) is 8.03. The molecule has 8 heteroatoms. The molecular weight excluding hydrogens is 300 g/mol. The number of nitrogens with zero attached hydrogens (tertiary/aromatic N) is 5. The van der Waals surface area contributed by atoms with Crippen LogP contribution in [-0.2, 0) is 4.79 Å². The van der Waals surface area contributed by atoms with Gasteiger partial charge in [0.2, 0.25) is 11.0 Å². The minimum Gasteiger partial charge on any atom is -0.301 e. The van der Waals surface area contributed by atoms with Crippen molar-refractivity contribution in [3.05, 3.63) is 35.5 Å². The molecule has 7 nitrogen and oxygen atoms in total. The number of hydrogen-bond acceptors (Lipinski definition) is 6. The highest BCUT2D eigenvalue weighted by Gasteiger charge is 2.16. The minimum absolute atomic E-state index is 0.178. The van der Waals surface area contributed by atoms with Crippen LogP contribution in [0.4, 0.5) is 5.13 Å². The molecule has 0 radical (unpaired) electrons. The molecule has 0 aliphatic heterocycles. The fourth-order valence-corrected chi connectivity index (χ4v) is 2.80. The normalized spacial score (nSPS) is 10.7. The standard InChI is InChI=1S/C14H14N6OS/c1-8-4-6-11(7-5-8)20-9(2)12(16-19-20)13-17-18-14(22-13)15-10(3)21/h4-7H,1-3H3,(H,15,18,21). The second-order valence-electron chi connectivity index (χ2n) is 4.86. The van der Waals surface area contributed by atoms with Gasteiger partial charge in [0.1, 0.15) is 5.69 Å². The van der Waals surface area contributed by atoms with Gasteiger partial charge in [-0.05, 0) is 26.0 Å². The van der Waals surface area contributed by atoms with Crippen LogP contribution in [0.1, 0.15) is 18.2 Å². The third kappa shape index (κ3) is 2.73. The van der Waals surface area contributed by atoms with E-state index in [1.807, 2.05) is 38.1 Å². The molecule has 1 N–H and O–H groups in total. The first-order chi connectivity index (χ1) is 10.5. The molecule has 0 aliphatic carbocycles. The summed E-state index contributed by atoms with van der Waals surface area (Å²) in [4.78, 5) is 11.0. The Bertz CT molecular complexity index is 820. The maximum Gasteiger partial charge on any atom is 0.223 e. The predicted octanol–water partition coefficient (Wildman–Crippen LogP) is 2.36. The quantitative estimate of drug-likeness (QED) is 0.802. The molecule has 1 amide bonds. The average molecular weight is 314 g/mol. The fourth-order valence-electron chi connectivity index (χ4n) is 1.98. The lowest BCUT2D eigenvalue weighted by Gasteiger charge is -2.03. The Kier molecular flexibility index (Phi) is 3.68. The summed E-state index contributed by atoms with van der Waals surface area (Å²) in [5, 5.41) is 20.0. The van der Waals surface area contributed by atoms with Gasteiger partial charge in [-0.2, -0.15) is 0 Å². The second-order valence-corrected chi connectivity index (χ2v) is 5.84. The first kappa shape index (κ1) is 14.3. The number of carbonyl (C=O) groups excluding carboxylic acids is 1. The number of anilines is 1. The molecule has 0 aliphatic rings. The third-order valence-corrected chi connectivity index (χ3v) is 3.93. The molecule has 0 saturated heterocycles. The van der Waals surface area contributed by atoms with Crippen molar-refractivity contribution in [2.75, 3.05) is 5.32 Å². The maximum absolute atomic E-state index is 11.0. The number of rotatable bonds is 3. The largest absolute Gasteiger partial charge is 0.301 e. The number of aryl methyl sites for hydroxylation is 1. The summed E-state index contributed by atoms with van der Waals surface area (Å²) in [5.74, 6) is -0.178. The van der Waals surface area contributed by atoms with Crippen LogP contribution in [0.15, 0.2) is 24.3 Å². The lowest BCUT2D eigenvalue weighted by Crippen LogP contribution is -2.04. The van der Waals surface area contributed by atoms with Gasteiger partial charge in [0, 0.05) is 6.92 Å². The minimum atomic E-state index is -0.178. The Hall–Kier alpha value is -2.61. The van der Waals surface area contributed by atoms with Crippen molar-refractivity contribution < 1.29 is 4.79 Å². The van der Waals surface area contributed by atoms with E-state index in [0.29, 0.717) is 15.8 Å². The molecule has 3 aromatic rings. The third-order valence-electron chi connectivity index (χ3n) is 3.08. The summed E-state index contributed by atoms with van der Waals surface area (Å²) in [6.45, 7) is 5.39. The van der Waals surface area contributed by atoms with Crippen LogP contribution in [0.3, 0.4) is 0 Å². The highest BCUT2D eigenvalue weighted by Crippen LogP contribution is 2.27. The van der Waals surface area contributed by atoms with Crippen LogP contribution in [0.5, 0.6) is 0 Å². The monoisotopic (exact) mass is 314 g/mol. The number of benzene rings is 1. The number of carbonyl (C=O) groups is 1. The molecule has 0 bridgehead atoms. The van der Waals surface area contributed by atoms with Crippen molar-refractivity contribution in [3.63, 3.8) is 0 Å². The van der Waals surface area contributed by atoms with E-state index in [2.05, 4.69) is 25.8 Å². The molecule has 2 aromatic heterocycles. The Morgan fingerprint density at radius 1 is 1.14 bits per heavy atom. The van der Waals surface area contributed by atoms with Crippen molar-refractivity contribution in [2.24, 2.45) is 0 Å². The van der Waals surface area contributed by atoms with E-state index < -0.39 is 0 Å². The molecule has 0 spiro atoms. The van der Waals surface area contributed by atoms with E-state index in [1.54, 1.807) is 4.68 Å². The van der Waals surface area contributed by atoms with E-state index in [0.717, 1.165) is 11.4 Å². The van der Waals surface area contributed by atoms with Gasteiger partial charge < -0.3 is 5.32 Å². The van der Waals surface area contributed by atoms with Gasteiger partial charge in [-0.25, -0.2) is 4.68 Å². The van der Waals surface area contributed by atoms with Crippen LogP contribution in [-0.4, -0.2) is 31.1 Å². The number of hydrogen-bond donors (Lipinski definition) is 1. The zero-order chi connectivity index (χ0) is 15.7. The van der Waals surface area contributed by atoms with Crippen LogP contribution in [0, 0.1) is 13.8 Å². The summed E-state index contributed by atoms with van der Waals surface area (Å²) >= 11 is 1.27. The van der Waals surface area contributed by atoms with Gasteiger partial charge in [-0.15, -0.1) is 15.3 Å². The van der Waals surface area contributed by atoms with Gasteiger partial charge in [0.15, 0.2) is 5.01 Å². The van der Waals surface area contributed by atoms with E-state index >= 15 is 0 Å². The average Bonchev–Trinajstić information content (AvgIpc) is 3.06. The smallest absolute Gasteiger partial charge is 0.223 e. The Labute approximate surface area is 131 Å². The molecule has 112 valence electrons. The number of aromatic nitrogens is 5. The van der Waals surface area contributed by atoms with Crippen LogP contribution >= 0.6 is 11.3 Å². The molecule has 3 rings (SSSR count). The SMILES string of the molecule is CC(=O)Nc1nnc(-c2nnn(-c3ccc(C)cc3)c2C)s1. The molecule has 0 fully saturated rings. The summed E-state index contributed by atoms with van der Waals surface area (Å²) < 4.78 is 1.76. The van der Waals surface area contributed by atoms with Crippen molar-refractivity contribution in [3.8, 4) is 16.4 Å². The summed E-state index contributed by atoms with van der Waals surface area (Å²) in [7, 11) is 0. The predicted molar refractivity (Wildman–Crippen MR) is 84.0 cm³/mol. The Morgan fingerprint density at radius 2 is 1.86 bits per heavy atom. The van der Waals surface area contributed by atoms with Crippen LogP contribution in [0.25, 0.3) is 16.4 Å². The number of nitrogens with one attached hydrogen (secondary N) is 1. The molecule has 2 heterocycles. The van der Waals surface area contributed by atoms with Crippen molar-refractivity contribution in [2.45, 2.75) is 20.8 Å². The molecule has 0 unspecified atom stereocenters. The molecular formula is C14H14N6OS. The first-order valence-electron chi connectivity index (χ1n) is 6.65. The maximum atomic E-state index is 11.0. The summed E-state index contributed by atoms with van der Waals surface area (Å²) in [5.41, 5.74) is 3.66. The lowest BCUT2D eigenvalue weighted by atomic mass is 10.2. The summed E-state index contributed by atoms with van der Waals surface area (Å²) in [6.07, 6.45) is 0. The number of amides is 1. The van der Waals surface area contributed by atoms with E-state index in [9.17, 15) is 4.79 Å². The fraction of sp³-hybridized carbons (Fsp3) is 0.214. The van der Waals surface area contributed by atoms with Gasteiger partial charge in [0.05, 0.1) is 11.4 Å². The highest BCUT2D eigenvalue weighted by atomic mass is 32.1. The first-order valence-corrected chi connectivity index (χ1v) is 7.47.